The SMILES string of the molecule is CN(Cc1ccc(Cl)cc1)C1CNC1.Cl. The van der Waals surface area contributed by atoms with Crippen molar-refractivity contribution in [3.05, 3.63) is 34.9 Å². The van der Waals surface area contributed by atoms with E-state index in [0.29, 0.717) is 6.04 Å². The molecule has 0 aromatic heterocycles. The molecule has 0 spiro atoms. The predicted molar refractivity (Wildman–Crippen MR) is 66.8 cm³/mol. The van der Waals surface area contributed by atoms with Gasteiger partial charge in [0.05, 0.1) is 0 Å². The highest BCUT2D eigenvalue weighted by molar-refractivity contribution is 6.30. The second kappa shape index (κ2) is 5.71. The van der Waals surface area contributed by atoms with E-state index < -0.39 is 0 Å². The first-order valence-electron chi connectivity index (χ1n) is 4.91. The van der Waals surface area contributed by atoms with Crippen LogP contribution in [0, 0.1) is 0 Å². The number of benzene rings is 1. The summed E-state index contributed by atoms with van der Waals surface area (Å²) in [5, 5.41) is 4.08. The Kier molecular flexibility index (Phi) is 4.87. The molecular formula is C11H16Cl2N2. The van der Waals surface area contributed by atoms with Gasteiger partial charge in [-0.1, -0.05) is 23.7 Å². The Morgan fingerprint density at radius 3 is 2.40 bits per heavy atom. The van der Waals surface area contributed by atoms with Crippen molar-refractivity contribution < 1.29 is 0 Å². The Hall–Kier alpha value is -0.280. The third-order valence-corrected chi connectivity index (χ3v) is 2.98. The minimum absolute atomic E-state index is 0. The lowest BCUT2D eigenvalue weighted by atomic mass is 10.1. The number of hydrogen-bond donors (Lipinski definition) is 1. The monoisotopic (exact) mass is 246 g/mol. The van der Waals surface area contributed by atoms with E-state index in [1.165, 1.54) is 5.56 Å². The summed E-state index contributed by atoms with van der Waals surface area (Å²) in [7, 11) is 2.17. The van der Waals surface area contributed by atoms with E-state index in [0.717, 1.165) is 24.7 Å². The molecule has 0 amide bonds. The average molecular weight is 247 g/mol. The molecule has 2 rings (SSSR count). The van der Waals surface area contributed by atoms with Crippen LogP contribution in [0.15, 0.2) is 24.3 Å². The van der Waals surface area contributed by atoms with E-state index in [4.69, 9.17) is 11.6 Å². The fraction of sp³-hybridized carbons (Fsp3) is 0.455. The molecule has 1 fully saturated rings. The zero-order chi connectivity index (χ0) is 9.97. The molecule has 0 unspecified atom stereocenters. The Morgan fingerprint density at radius 2 is 1.93 bits per heavy atom. The van der Waals surface area contributed by atoms with Gasteiger partial charge in [0.1, 0.15) is 0 Å². The lowest BCUT2D eigenvalue weighted by Crippen LogP contribution is -2.55. The number of rotatable bonds is 3. The van der Waals surface area contributed by atoms with Crippen LogP contribution >= 0.6 is 24.0 Å². The summed E-state index contributed by atoms with van der Waals surface area (Å²) in [4.78, 5) is 2.37. The van der Waals surface area contributed by atoms with Crippen LogP contribution in [0.2, 0.25) is 5.02 Å². The van der Waals surface area contributed by atoms with Crippen molar-refractivity contribution in [3.8, 4) is 0 Å². The summed E-state index contributed by atoms with van der Waals surface area (Å²) >= 11 is 5.83. The van der Waals surface area contributed by atoms with Crippen molar-refractivity contribution in [1.82, 2.24) is 10.2 Å². The first-order valence-corrected chi connectivity index (χ1v) is 5.29. The van der Waals surface area contributed by atoms with Gasteiger partial charge in [-0.05, 0) is 24.7 Å². The first-order chi connectivity index (χ1) is 6.75. The fourth-order valence-electron chi connectivity index (χ4n) is 1.59. The largest absolute Gasteiger partial charge is 0.314 e. The number of nitrogens with zero attached hydrogens (tertiary/aromatic N) is 1. The maximum absolute atomic E-state index is 5.83. The Labute approximate surface area is 102 Å². The van der Waals surface area contributed by atoms with Gasteiger partial charge in [-0.25, -0.2) is 0 Å². The Morgan fingerprint density at radius 1 is 1.33 bits per heavy atom. The molecule has 4 heteroatoms. The van der Waals surface area contributed by atoms with Crippen LogP contribution in [0.25, 0.3) is 0 Å². The molecule has 1 aromatic rings. The van der Waals surface area contributed by atoms with Crippen molar-refractivity contribution in [2.45, 2.75) is 12.6 Å². The van der Waals surface area contributed by atoms with Gasteiger partial charge < -0.3 is 5.32 Å². The molecule has 0 radical (unpaired) electrons. The number of likely N-dealkylation sites (N-methyl/N-ethyl adjacent to an activating group) is 1. The number of nitrogens with one attached hydrogen (secondary N) is 1. The number of halogens is 2. The second-order valence-corrected chi connectivity index (χ2v) is 4.29. The third-order valence-electron chi connectivity index (χ3n) is 2.73. The van der Waals surface area contributed by atoms with E-state index in [-0.39, 0.29) is 12.4 Å². The quantitative estimate of drug-likeness (QED) is 0.880. The molecule has 1 aliphatic rings. The molecule has 2 nitrogen and oxygen atoms in total. The van der Waals surface area contributed by atoms with Crippen molar-refractivity contribution in [3.63, 3.8) is 0 Å². The zero-order valence-corrected chi connectivity index (χ0v) is 10.3. The summed E-state index contributed by atoms with van der Waals surface area (Å²) in [6.45, 7) is 3.23. The standard InChI is InChI=1S/C11H15ClN2.ClH/c1-14(11-6-13-7-11)8-9-2-4-10(12)5-3-9;/h2-5,11,13H,6-8H2,1H3;1H. The van der Waals surface area contributed by atoms with Gasteiger partial charge in [0.15, 0.2) is 0 Å². The van der Waals surface area contributed by atoms with E-state index >= 15 is 0 Å². The second-order valence-electron chi connectivity index (χ2n) is 3.85. The Balaban J connectivity index is 0.00000112. The van der Waals surface area contributed by atoms with Gasteiger partial charge in [0.2, 0.25) is 0 Å². The fourth-order valence-corrected chi connectivity index (χ4v) is 1.72. The Bertz CT molecular complexity index is 296. The van der Waals surface area contributed by atoms with Crippen LogP contribution in [0.4, 0.5) is 0 Å². The minimum atomic E-state index is 0. The normalized spacial score (nSPS) is 15.9. The van der Waals surface area contributed by atoms with Gasteiger partial charge in [0.25, 0.3) is 0 Å². The topological polar surface area (TPSA) is 15.3 Å². The smallest absolute Gasteiger partial charge is 0.0406 e. The molecule has 84 valence electrons. The molecule has 0 atom stereocenters. The van der Waals surface area contributed by atoms with E-state index in [1.807, 2.05) is 12.1 Å². The van der Waals surface area contributed by atoms with E-state index in [1.54, 1.807) is 0 Å². The molecule has 1 heterocycles. The van der Waals surface area contributed by atoms with Crippen molar-refractivity contribution in [1.29, 1.82) is 0 Å². The van der Waals surface area contributed by atoms with Gasteiger partial charge >= 0.3 is 0 Å². The van der Waals surface area contributed by atoms with Gasteiger partial charge in [-0.3, -0.25) is 4.90 Å². The van der Waals surface area contributed by atoms with Crippen LogP contribution in [0.3, 0.4) is 0 Å². The summed E-state index contributed by atoms with van der Waals surface area (Å²) < 4.78 is 0. The van der Waals surface area contributed by atoms with Crippen LogP contribution in [-0.2, 0) is 6.54 Å². The maximum atomic E-state index is 5.83. The minimum Gasteiger partial charge on any atom is -0.314 e. The van der Waals surface area contributed by atoms with Gasteiger partial charge in [0, 0.05) is 30.7 Å². The molecular weight excluding hydrogens is 231 g/mol. The highest BCUT2D eigenvalue weighted by atomic mass is 35.5. The summed E-state index contributed by atoms with van der Waals surface area (Å²) in [5.74, 6) is 0. The van der Waals surface area contributed by atoms with Crippen molar-refractivity contribution >= 4 is 24.0 Å². The highest BCUT2D eigenvalue weighted by Crippen LogP contribution is 2.12. The zero-order valence-electron chi connectivity index (χ0n) is 8.74. The molecule has 0 saturated carbocycles. The van der Waals surface area contributed by atoms with Gasteiger partial charge in [-0.15, -0.1) is 12.4 Å². The van der Waals surface area contributed by atoms with E-state index in [9.17, 15) is 0 Å². The summed E-state index contributed by atoms with van der Waals surface area (Å²) in [6, 6.07) is 8.77. The summed E-state index contributed by atoms with van der Waals surface area (Å²) in [5.41, 5.74) is 1.32. The summed E-state index contributed by atoms with van der Waals surface area (Å²) in [6.07, 6.45) is 0. The molecule has 1 aliphatic heterocycles. The molecule has 1 N–H and O–H groups in total. The molecule has 0 bridgehead atoms. The average Bonchev–Trinajstić information content (AvgIpc) is 2.06. The lowest BCUT2D eigenvalue weighted by molar-refractivity contribution is 0.173. The van der Waals surface area contributed by atoms with Crippen LogP contribution < -0.4 is 5.32 Å². The van der Waals surface area contributed by atoms with Crippen LogP contribution in [0.5, 0.6) is 0 Å². The predicted octanol–water partition coefficient (Wildman–Crippen LogP) is 2.17. The highest BCUT2D eigenvalue weighted by Gasteiger charge is 2.20. The molecule has 1 saturated heterocycles. The van der Waals surface area contributed by atoms with Crippen molar-refractivity contribution in [2.75, 3.05) is 20.1 Å². The maximum Gasteiger partial charge on any atom is 0.0406 e. The van der Waals surface area contributed by atoms with Crippen LogP contribution in [0.1, 0.15) is 5.56 Å². The number of hydrogen-bond acceptors (Lipinski definition) is 2. The lowest BCUT2D eigenvalue weighted by Gasteiger charge is -2.35. The molecule has 0 aliphatic carbocycles. The van der Waals surface area contributed by atoms with Crippen LogP contribution in [-0.4, -0.2) is 31.1 Å². The molecule has 1 aromatic carbocycles. The van der Waals surface area contributed by atoms with Gasteiger partial charge in [-0.2, -0.15) is 0 Å². The third kappa shape index (κ3) is 3.35. The van der Waals surface area contributed by atoms with Crippen molar-refractivity contribution in [2.24, 2.45) is 0 Å². The van der Waals surface area contributed by atoms with E-state index in [2.05, 4.69) is 29.4 Å². The first kappa shape index (κ1) is 12.8. The molecule has 15 heavy (non-hydrogen) atoms.